The molecule has 0 amide bonds. The first kappa shape index (κ1) is 20.5. The molecule has 11 heteroatoms. The van der Waals surface area contributed by atoms with Crippen LogP contribution in [0.5, 0.6) is 0 Å². The molecule has 2 aromatic rings. The maximum Gasteiger partial charge on any atom is 0.269 e. The summed E-state index contributed by atoms with van der Waals surface area (Å²) >= 11 is 0. The Kier molecular flexibility index (Phi) is 5.82. The summed E-state index contributed by atoms with van der Waals surface area (Å²) in [5.41, 5.74) is -0.134. The molecule has 0 atom stereocenters. The van der Waals surface area contributed by atoms with Gasteiger partial charge in [-0.25, -0.2) is 8.42 Å². The largest absolute Gasteiger partial charge is 0.355 e. The second kappa shape index (κ2) is 8.52. The fraction of sp³-hybridized carbons (Fsp3) is 0.474. The number of hydrogen-bond donors (Lipinski definition) is 0. The Bertz CT molecular complexity index is 983. The van der Waals surface area contributed by atoms with Crippen molar-refractivity contribution >= 4 is 27.3 Å². The topological polar surface area (TPSA) is 113 Å². The smallest absolute Gasteiger partial charge is 0.269 e. The average Bonchev–Trinajstić information content (AvgIpc) is 2.80. The Labute approximate surface area is 175 Å². The zero-order valence-electron chi connectivity index (χ0n) is 16.6. The number of nitrogens with zero attached hydrogens (tertiary/aromatic N) is 6. The molecule has 0 radical (unpaired) electrons. The molecule has 1 aromatic heterocycles. The van der Waals surface area contributed by atoms with Crippen molar-refractivity contribution in [1.29, 1.82) is 0 Å². The molecular formula is C19H24N6O4S. The van der Waals surface area contributed by atoms with E-state index in [-0.39, 0.29) is 10.6 Å². The van der Waals surface area contributed by atoms with Crippen LogP contribution in [0, 0.1) is 10.1 Å². The van der Waals surface area contributed by atoms with Gasteiger partial charge in [-0.2, -0.15) is 4.31 Å². The first-order chi connectivity index (χ1) is 14.4. The Hall–Kier alpha value is -2.79. The van der Waals surface area contributed by atoms with E-state index in [9.17, 15) is 18.5 Å². The number of aromatic nitrogens is 2. The molecule has 2 aliphatic heterocycles. The van der Waals surface area contributed by atoms with Crippen molar-refractivity contribution in [3.63, 3.8) is 0 Å². The van der Waals surface area contributed by atoms with Crippen molar-refractivity contribution in [1.82, 2.24) is 14.5 Å². The number of piperidine rings is 1. The van der Waals surface area contributed by atoms with Crippen LogP contribution in [0.2, 0.25) is 0 Å². The number of hydrogen-bond acceptors (Lipinski definition) is 8. The Morgan fingerprint density at radius 1 is 0.767 bits per heavy atom. The third kappa shape index (κ3) is 4.21. The van der Waals surface area contributed by atoms with Crippen molar-refractivity contribution in [3.8, 4) is 0 Å². The quantitative estimate of drug-likeness (QED) is 0.520. The first-order valence-corrected chi connectivity index (χ1v) is 11.5. The van der Waals surface area contributed by atoms with Crippen LogP contribution in [0.4, 0.5) is 17.3 Å². The van der Waals surface area contributed by atoms with E-state index >= 15 is 0 Å². The summed E-state index contributed by atoms with van der Waals surface area (Å²) < 4.78 is 27.1. The molecule has 160 valence electrons. The standard InChI is InChI=1S/C19H24N6O4S/c26-25(27)16-4-6-17(7-5-16)30(28,29)24-14-12-23(13-15-24)19-9-8-18(20-21-19)22-10-2-1-3-11-22/h4-9H,1-3,10-15H2. The fourth-order valence-electron chi connectivity index (χ4n) is 3.82. The summed E-state index contributed by atoms with van der Waals surface area (Å²) in [6, 6.07) is 8.91. The highest BCUT2D eigenvalue weighted by Gasteiger charge is 2.29. The van der Waals surface area contributed by atoms with Crippen LogP contribution in [0.15, 0.2) is 41.3 Å². The van der Waals surface area contributed by atoms with Gasteiger partial charge >= 0.3 is 0 Å². The van der Waals surface area contributed by atoms with Crippen LogP contribution in [-0.4, -0.2) is 67.1 Å². The van der Waals surface area contributed by atoms with Gasteiger partial charge in [-0.1, -0.05) is 0 Å². The van der Waals surface area contributed by atoms with E-state index in [2.05, 4.69) is 15.1 Å². The highest BCUT2D eigenvalue weighted by Crippen LogP contribution is 2.23. The molecule has 0 N–H and O–H groups in total. The van der Waals surface area contributed by atoms with Crippen LogP contribution < -0.4 is 9.80 Å². The maximum atomic E-state index is 12.8. The summed E-state index contributed by atoms with van der Waals surface area (Å²) in [5, 5.41) is 19.5. The van der Waals surface area contributed by atoms with E-state index in [1.54, 1.807) is 0 Å². The SMILES string of the molecule is O=[N+]([O-])c1ccc(S(=O)(=O)N2CCN(c3ccc(N4CCCCC4)nn3)CC2)cc1. The lowest BCUT2D eigenvalue weighted by molar-refractivity contribution is -0.384. The number of anilines is 2. The number of nitro groups is 1. The minimum absolute atomic E-state index is 0.0622. The van der Waals surface area contributed by atoms with Crippen molar-refractivity contribution in [2.45, 2.75) is 24.2 Å². The minimum Gasteiger partial charge on any atom is -0.355 e. The van der Waals surface area contributed by atoms with Crippen molar-refractivity contribution < 1.29 is 13.3 Å². The molecule has 2 aliphatic rings. The Balaban J connectivity index is 1.38. The zero-order valence-corrected chi connectivity index (χ0v) is 17.4. The number of benzene rings is 1. The molecule has 1 aromatic carbocycles. The fourth-order valence-corrected chi connectivity index (χ4v) is 5.25. The van der Waals surface area contributed by atoms with E-state index in [4.69, 9.17) is 0 Å². The summed E-state index contributed by atoms with van der Waals surface area (Å²) in [7, 11) is -3.69. The van der Waals surface area contributed by atoms with Crippen LogP contribution >= 0.6 is 0 Å². The highest BCUT2D eigenvalue weighted by atomic mass is 32.2. The lowest BCUT2D eigenvalue weighted by atomic mass is 10.1. The van der Waals surface area contributed by atoms with E-state index in [0.717, 1.165) is 24.7 Å². The second-order valence-corrected chi connectivity index (χ2v) is 9.38. The number of sulfonamides is 1. The van der Waals surface area contributed by atoms with Crippen molar-refractivity contribution in [2.75, 3.05) is 49.1 Å². The number of rotatable bonds is 5. The molecular weight excluding hydrogens is 408 g/mol. The van der Waals surface area contributed by atoms with Crippen LogP contribution in [0.1, 0.15) is 19.3 Å². The normalized spacial score (nSPS) is 18.4. The van der Waals surface area contributed by atoms with Gasteiger partial charge in [-0.3, -0.25) is 10.1 Å². The number of nitro benzene ring substituents is 1. The second-order valence-electron chi connectivity index (χ2n) is 7.44. The molecule has 0 aliphatic carbocycles. The van der Waals surface area contributed by atoms with Crippen LogP contribution in [0.3, 0.4) is 0 Å². The average molecular weight is 433 g/mol. The molecule has 2 saturated heterocycles. The van der Waals surface area contributed by atoms with E-state index < -0.39 is 14.9 Å². The summed E-state index contributed by atoms with van der Waals surface area (Å²) in [4.78, 5) is 14.6. The third-order valence-electron chi connectivity index (χ3n) is 5.56. The molecule has 3 heterocycles. The van der Waals surface area contributed by atoms with E-state index in [1.807, 2.05) is 17.0 Å². The predicted molar refractivity (Wildman–Crippen MR) is 112 cm³/mol. The third-order valence-corrected chi connectivity index (χ3v) is 7.48. The lowest BCUT2D eigenvalue weighted by Gasteiger charge is -2.34. The van der Waals surface area contributed by atoms with Gasteiger partial charge in [0, 0.05) is 51.4 Å². The first-order valence-electron chi connectivity index (χ1n) is 10.0. The minimum atomic E-state index is -3.69. The molecule has 0 unspecified atom stereocenters. The maximum absolute atomic E-state index is 12.8. The molecule has 0 saturated carbocycles. The highest BCUT2D eigenvalue weighted by molar-refractivity contribution is 7.89. The van der Waals surface area contributed by atoms with Gasteiger partial charge in [-0.05, 0) is 43.5 Å². The monoisotopic (exact) mass is 432 g/mol. The molecule has 0 bridgehead atoms. The summed E-state index contributed by atoms with van der Waals surface area (Å²) in [6.07, 6.45) is 3.61. The molecule has 0 spiro atoms. The molecule has 10 nitrogen and oxygen atoms in total. The van der Waals surface area contributed by atoms with Gasteiger partial charge in [0.15, 0.2) is 11.6 Å². The van der Waals surface area contributed by atoms with Gasteiger partial charge in [0.2, 0.25) is 10.0 Å². The van der Waals surface area contributed by atoms with E-state index in [0.29, 0.717) is 26.2 Å². The molecule has 4 rings (SSSR count). The Morgan fingerprint density at radius 2 is 1.30 bits per heavy atom. The van der Waals surface area contributed by atoms with Gasteiger partial charge in [0.05, 0.1) is 9.82 Å². The van der Waals surface area contributed by atoms with E-state index in [1.165, 1.54) is 47.8 Å². The number of piperazine rings is 1. The van der Waals surface area contributed by atoms with Gasteiger partial charge in [0.1, 0.15) is 0 Å². The van der Waals surface area contributed by atoms with Crippen molar-refractivity contribution in [3.05, 3.63) is 46.5 Å². The van der Waals surface area contributed by atoms with Gasteiger partial charge in [0.25, 0.3) is 5.69 Å². The zero-order chi connectivity index (χ0) is 21.1. The van der Waals surface area contributed by atoms with Crippen LogP contribution in [0.25, 0.3) is 0 Å². The molecule has 30 heavy (non-hydrogen) atoms. The number of non-ortho nitro benzene ring substituents is 1. The summed E-state index contributed by atoms with van der Waals surface area (Å²) in [5.74, 6) is 1.63. The van der Waals surface area contributed by atoms with Crippen LogP contribution in [-0.2, 0) is 10.0 Å². The Morgan fingerprint density at radius 3 is 1.80 bits per heavy atom. The summed E-state index contributed by atoms with van der Waals surface area (Å²) in [6.45, 7) is 3.65. The molecule has 2 fully saturated rings. The lowest BCUT2D eigenvalue weighted by Crippen LogP contribution is -2.49. The van der Waals surface area contributed by atoms with Crippen molar-refractivity contribution in [2.24, 2.45) is 0 Å². The van der Waals surface area contributed by atoms with Gasteiger partial charge < -0.3 is 9.80 Å². The predicted octanol–water partition coefficient (Wildman–Crippen LogP) is 1.89. The van der Waals surface area contributed by atoms with Gasteiger partial charge in [-0.15, -0.1) is 10.2 Å².